The van der Waals surface area contributed by atoms with Crippen LogP contribution in [0.4, 0.5) is 4.79 Å². The lowest BCUT2D eigenvalue weighted by atomic mass is 9.90. The van der Waals surface area contributed by atoms with E-state index in [1.165, 1.54) is 19.3 Å². The van der Waals surface area contributed by atoms with E-state index in [4.69, 9.17) is 4.74 Å². The van der Waals surface area contributed by atoms with Crippen molar-refractivity contribution in [1.82, 2.24) is 10.6 Å². The number of unbranched alkanes of at least 4 members (excludes halogenated alkanes) is 1. The molecule has 204 valence electrons. The molecule has 0 aromatic heterocycles. The summed E-state index contributed by atoms with van der Waals surface area (Å²) in [5, 5.41) is 16.9. The molecule has 1 saturated carbocycles. The molecule has 3 atom stereocenters. The molecule has 0 aliphatic heterocycles. The van der Waals surface area contributed by atoms with Gasteiger partial charge in [0.05, 0.1) is 12.6 Å². The first-order valence-electron chi connectivity index (χ1n) is 14.0. The van der Waals surface area contributed by atoms with Gasteiger partial charge in [-0.05, 0) is 55.6 Å². The number of ether oxygens (including phenoxy) is 1. The Hall–Kier alpha value is -2.67. The van der Waals surface area contributed by atoms with Crippen LogP contribution in [-0.4, -0.2) is 35.8 Å². The Balaban J connectivity index is 1.67. The van der Waals surface area contributed by atoms with E-state index < -0.39 is 24.3 Å². The summed E-state index contributed by atoms with van der Waals surface area (Å²) in [7, 11) is 0. The monoisotopic (exact) mass is 512 g/mol. The molecule has 0 heterocycles. The van der Waals surface area contributed by atoms with Crippen molar-refractivity contribution in [3.8, 4) is 11.1 Å². The van der Waals surface area contributed by atoms with E-state index in [0.29, 0.717) is 36.5 Å². The molecule has 7 nitrogen and oxygen atoms in total. The topological polar surface area (TPSA) is 105 Å². The van der Waals surface area contributed by atoms with Crippen LogP contribution in [0, 0.1) is 18.8 Å². The summed E-state index contributed by atoms with van der Waals surface area (Å²) >= 11 is 0. The third kappa shape index (κ3) is 8.16. The Morgan fingerprint density at radius 3 is 2.46 bits per heavy atom. The molecule has 3 N–H and O–H groups in total. The van der Waals surface area contributed by atoms with Crippen LogP contribution in [0.25, 0.3) is 11.1 Å². The van der Waals surface area contributed by atoms with E-state index in [2.05, 4.69) is 10.6 Å². The minimum absolute atomic E-state index is 0.152. The van der Waals surface area contributed by atoms with Crippen molar-refractivity contribution >= 4 is 12.0 Å². The number of hydrogen-bond acceptors (Lipinski definition) is 5. The van der Waals surface area contributed by atoms with Gasteiger partial charge in [0.25, 0.3) is 0 Å². The maximum Gasteiger partial charge on any atom is 0.407 e. The highest BCUT2D eigenvalue weighted by molar-refractivity contribution is 5.86. The second-order valence-corrected chi connectivity index (χ2v) is 11.1. The lowest BCUT2D eigenvalue weighted by Gasteiger charge is -2.27. The lowest BCUT2D eigenvalue weighted by Crippen LogP contribution is -2.51. The molecule has 2 amide bonds. The Labute approximate surface area is 221 Å². The van der Waals surface area contributed by atoms with Crippen molar-refractivity contribution in [2.75, 3.05) is 6.61 Å². The van der Waals surface area contributed by atoms with Gasteiger partial charge in [-0.25, -0.2) is 4.79 Å². The highest BCUT2D eigenvalue weighted by atomic mass is 16.5. The second-order valence-electron chi connectivity index (χ2n) is 11.1. The van der Waals surface area contributed by atoms with Gasteiger partial charge >= 0.3 is 6.09 Å². The van der Waals surface area contributed by atoms with Crippen molar-refractivity contribution in [3.05, 3.63) is 45.6 Å². The number of rotatable bonds is 13. The fourth-order valence-corrected chi connectivity index (χ4v) is 5.24. The molecule has 0 bridgehead atoms. The van der Waals surface area contributed by atoms with Gasteiger partial charge in [-0.2, -0.15) is 0 Å². The number of amides is 2. The zero-order valence-electron chi connectivity index (χ0n) is 22.8. The van der Waals surface area contributed by atoms with Crippen molar-refractivity contribution in [2.45, 2.75) is 104 Å². The van der Waals surface area contributed by atoms with Gasteiger partial charge in [0.1, 0.15) is 12.1 Å². The van der Waals surface area contributed by atoms with E-state index in [9.17, 15) is 19.5 Å². The smallest absolute Gasteiger partial charge is 0.407 e. The molecule has 2 unspecified atom stereocenters. The number of aryl methyl sites for hydroxylation is 1. The van der Waals surface area contributed by atoms with Crippen LogP contribution in [0.2, 0.25) is 0 Å². The van der Waals surface area contributed by atoms with Gasteiger partial charge in [-0.1, -0.05) is 77.1 Å². The molecule has 1 fully saturated rings. The Kier molecular flexibility index (Phi) is 10.7. The number of carbonyl (C=O) groups excluding carboxylic acids is 2. The number of aliphatic hydroxyl groups excluding tert-OH is 1. The van der Waals surface area contributed by atoms with E-state index in [-0.39, 0.29) is 17.3 Å². The fraction of sp³-hybridized carbons (Fsp3) is 0.633. The maximum atomic E-state index is 13.3. The zero-order chi connectivity index (χ0) is 26.9. The fourth-order valence-electron chi connectivity index (χ4n) is 5.24. The van der Waals surface area contributed by atoms with E-state index in [1.54, 1.807) is 0 Å². The SMILES string of the molecule is CCCC[C@H](NC(=O)C(CC(C)C)NC(=O)OCC1CCCCC1)C(O)c1c(-c2ccccc2C)c1=O. The molecule has 3 rings (SSSR count). The number of alkyl carbamates (subject to hydrolysis) is 1. The summed E-state index contributed by atoms with van der Waals surface area (Å²) in [6.45, 7) is 8.32. The van der Waals surface area contributed by atoms with Crippen molar-refractivity contribution in [2.24, 2.45) is 11.8 Å². The first-order valence-corrected chi connectivity index (χ1v) is 14.0. The standard InChI is InChI=1S/C30H44N2O5/c1-5-6-16-23(27(33)26-25(28(26)34)22-15-11-10-12-20(22)4)31-29(35)24(17-19(2)3)32-30(36)37-18-21-13-8-7-9-14-21/h10-12,15,19,21,23-24,27,33H,5-9,13-14,16-18H2,1-4H3,(H,31,35)(H,32,36)/t23-,24?,27?/m0/s1. The van der Waals surface area contributed by atoms with Gasteiger partial charge in [0, 0.05) is 11.1 Å². The molecular weight excluding hydrogens is 468 g/mol. The Morgan fingerprint density at radius 2 is 1.81 bits per heavy atom. The van der Waals surface area contributed by atoms with Gasteiger partial charge in [-0.3, -0.25) is 9.59 Å². The minimum Gasteiger partial charge on any atom is -0.449 e. The summed E-state index contributed by atoms with van der Waals surface area (Å²) in [6.07, 6.45) is 6.66. The Morgan fingerprint density at radius 1 is 1.11 bits per heavy atom. The minimum atomic E-state index is -1.10. The molecule has 7 heteroatoms. The molecule has 37 heavy (non-hydrogen) atoms. The third-order valence-corrected chi connectivity index (χ3v) is 7.46. The summed E-state index contributed by atoms with van der Waals surface area (Å²) in [5.74, 6) is 0.181. The zero-order valence-corrected chi connectivity index (χ0v) is 22.8. The molecule has 1 aliphatic rings. The van der Waals surface area contributed by atoms with Crippen molar-refractivity contribution < 1.29 is 19.4 Å². The number of hydrogen-bond donors (Lipinski definition) is 3. The van der Waals surface area contributed by atoms with E-state index in [1.807, 2.05) is 52.0 Å². The van der Waals surface area contributed by atoms with Crippen molar-refractivity contribution in [1.29, 1.82) is 0 Å². The van der Waals surface area contributed by atoms with Crippen LogP contribution < -0.4 is 16.1 Å². The second kappa shape index (κ2) is 13.8. The molecule has 0 spiro atoms. The van der Waals surface area contributed by atoms with Crippen LogP contribution in [0.15, 0.2) is 29.1 Å². The summed E-state index contributed by atoms with van der Waals surface area (Å²) in [6, 6.07) is 6.19. The average Bonchev–Trinajstić information content (AvgIpc) is 3.55. The number of aliphatic hydroxyl groups is 1. The van der Waals surface area contributed by atoms with Gasteiger partial charge in [0.15, 0.2) is 5.43 Å². The predicted molar refractivity (Wildman–Crippen MR) is 146 cm³/mol. The van der Waals surface area contributed by atoms with Gasteiger partial charge in [0.2, 0.25) is 5.91 Å². The van der Waals surface area contributed by atoms with Crippen LogP contribution in [0.3, 0.4) is 0 Å². The highest BCUT2D eigenvalue weighted by Gasteiger charge is 2.36. The average molecular weight is 513 g/mol. The predicted octanol–water partition coefficient (Wildman–Crippen LogP) is 5.33. The quantitative estimate of drug-likeness (QED) is 0.337. The third-order valence-electron chi connectivity index (χ3n) is 7.46. The largest absolute Gasteiger partial charge is 0.449 e. The first kappa shape index (κ1) is 28.9. The normalized spacial score (nSPS) is 16.9. The molecule has 2 aromatic rings. The first-order chi connectivity index (χ1) is 17.7. The van der Waals surface area contributed by atoms with Crippen LogP contribution in [-0.2, 0) is 9.53 Å². The number of carbonyl (C=O) groups is 2. The van der Waals surface area contributed by atoms with Crippen molar-refractivity contribution in [3.63, 3.8) is 0 Å². The van der Waals surface area contributed by atoms with Gasteiger partial charge < -0.3 is 20.5 Å². The molecule has 0 radical (unpaired) electrons. The lowest BCUT2D eigenvalue weighted by molar-refractivity contribution is -0.125. The summed E-state index contributed by atoms with van der Waals surface area (Å²) in [5.41, 5.74) is 2.55. The van der Waals surface area contributed by atoms with Crippen LogP contribution >= 0.6 is 0 Å². The summed E-state index contributed by atoms with van der Waals surface area (Å²) < 4.78 is 5.47. The van der Waals surface area contributed by atoms with E-state index >= 15 is 0 Å². The molecule has 0 saturated heterocycles. The number of nitrogens with one attached hydrogen (secondary N) is 2. The van der Waals surface area contributed by atoms with Gasteiger partial charge in [-0.15, -0.1) is 0 Å². The highest BCUT2D eigenvalue weighted by Crippen LogP contribution is 2.35. The number of benzene rings is 1. The molecule has 2 aromatic carbocycles. The summed E-state index contributed by atoms with van der Waals surface area (Å²) in [4.78, 5) is 38.6. The van der Waals surface area contributed by atoms with E-state index in [0.717, 1.165) is 36.8 Å². The molecule has 1 aliphatic carbocycles. The van der Waals surface area contributed by atoms with Crippen LogP contribution in [0.5, 0.6) is 0 Å². The van der Waals surface area contributed by atoms with Crippen LogP contribution in [0.1, 0.15) is 95.8 Å². The maximum absolute atomic E-state index is 13.3. The molecular formula is C30H44N2O5. The Bertz CT molecular complexity index is 1030.